The molecule has 0 aromatic carbocycles. The van der Waals surface area contributed by atoms with Gasteiger partial charge in [0, 0.05) is 25.4 Å². The molecule has 1 N–H and O–H groups in total. The van der Waals surface area contributed by atoms with Gasteiger partial charge in [-0.15, -0.1) is 0 Å². The van der Waals surface area contributed by atoms with E-state index in [1.54, 1.807) is 4.68 Å². The molecule has 1 saturated heterocycles. The molecule has 1 aliphatic rings. The van der Waals surface area contributed by atoms with Crippen LogP contribution in [0.1, 0.15) is 25.8 Å². The number of aromatic nitrogens is 2. The highest BCUT2D eigenvalue weighted by atomic mass is 32.2. The average Bonchev–Trinajstić information content (AvgIpc) is 2.57. The van der Waals surface area contributed by atoms with Crippen LogP contribution in [-0.4, -0.2) is 32.0 Å². The fourth-order valence-corrected chi connectivity index (χ4v) is 3.82. The smallest absolute Gasteiger partial charge is 0.0829 e. The highest BCUT2D eigenvalue weighted by Crippen LogP contribution is 2.43. The van der Waals surface area contributed by atoms with Crippen LogP contribution in [0.3, 0.4) is 0 Å². The normalized spacial score (nSPS) is 29.2. The van der Waals surface area contributed by atoms with Gasteiger partial charge in [-0.25, -0.2) is 0 Å². The molecule has 0 spiro atoms. The van der Waals surface area contributed by atoms with Crippen molar-refractivity contribution in [1.82, 2.24) is 9.78 Å². The molecule has 0 aliphatic carbocycles. The Labute approximate surface area is 101 Å². The lowest BCUT2D eigenvalue weighted by atomic mass is 9.71. The van der Waals surface area contributed by atoms with Crippen LogP contribution < -0.4 is 0 Å². The second-order valence-corrected chi connectivity index (χ2v) is 6.52. The van der Waals surface area contributed by atoms with E-state index in [-0.39, 0.29) is 5.41 Å². The number of rotatable bonds is 2. The first-order valence-electron chi connectivity index (χ1n) is 5.71. The number of aryl methyl sites for hydroxylation is 1. The lowest BCUT2D eigenvalue weighted by Crippen LogP contribution is -2.51. The summed E-state index contributed by atoms with van der Waals surface area (Å²) in [5, 5.41) is 15.0. The summed E-state index contributed by atoms with van der Waals surface area (Å²) in [6.07, 6.45) is 5.63. The molecule has 1 aromatic heterocycles. The molecule has 1 fully saturated rings. The maximum atomic E-state index is 10.8. The van der Waals surface area contributed by atoms with Crippen LogP contribution in [0.15, 0.2) is 12.4 Å². The Morgan fingerprint density at radius 2 is 2.31 bits per heavy atom. The lowest BCUT2D eigenvalue weighted by Gasteiger charge is -2.46. The summed E-state index contributed by atoms with van der Waals surface area (Å²) >= 11 is 1.85. The maximum absolute atomic E-state index is 10.8. The predicted octanol–water partition coefficient (Wildman–Crippen LogP) is 1.86. The Balaban J connectivity index is 2.17. The standard InChI is InChI=1S/C12H20N2OS/c1-11(2)4-5-16-9-12(11,15)6-10-7-13-14(3)8-10/h7-8,15H,4-6,9H2,1-3H3. The largest absolute Gasteiger partial charge is 0.388 e. The third kappa shape index (κ3) is 2.13. The topological polar surface area (TPSA) is 38.0 Å². The van der Waals surface area contributed by atoms with Crippen molar-refractivity contribution in [3.05, 3.63) is 18.0 Å². The summed E-state index contributed by atoms with van der Waals surface area (Å²) in [7, 11) is 1.91. The van der Waals surface area contributed by atoms with E-state index in [1.807, 2.05) is 31.2 Å². The highest BCUT2D eigenvalue weighted by Gasteiger charge is 2.45. The van der Waals surface area contributed by atoms with E-state index >= 15 is 0 Å². The average molecular weight is 240 g/mol. The van der Waals surface area contributed by atoms with Crippen molar-refractivity contribution >= 4 is 11.8 Å². The minimum atomic E-state index is -0.598. The first kappa shape index (κ1) is 12.0. The fourth-order valence-electron chi connectivity index (χ4n) is 2.19. The summed E-state index contributed by atoms with van der Waals surface area (Å²) in [6.45, 7) is 4.34. The van der Waals surface area contributed by atoms with Crippen molar-refractivity contribution in [2.24, 2.45) is 12.5 Å². The summed E-state index contributed by atoms with van der Waals surface area (Å²) in [5.41, 5.74) is 0.521. The molecule has 1 unspecified atom stereocenters. The van der Waals surface area contributed by atoms with Crippen molar-refractivity contribution in [3.63, 3.8) is 0 Å². The van der Waals surface area contributed by atoms with Gasteiger partial charge in [0.25, 0.3) is 0 Å². The first-order valence-corrected chi connectivity index (χ1v) is 6.86. The number of nitrogens with zero attached hydrogens (tertiary/aromatic N) is 2. The van der Waals surface area contributed by atoms with Crippen LogP contribution >= 0.6 is 11.8 Å². The van der Waals surface area contributed by atoms with Gasteiger partial charge in [-0.1, -0.05) is 13.8 Å². The summed E-state index contributed by atoms with van der Waals surface area (Å²) in [6, 6.07) is 0. The van der Waals surface area contributed by atoms with Gasteiger partial charge in [-0.05, 0) is 23.2 Å². The van der Waals surface area contributed by atoms with Crippen LogP contribution in [0.4, 0.5) is 0 Å². The second kappa shape index (κ2) is 4.08. The molecule has 1 atom stereocenters. The van der Waals surface area contributed by atoms with Gasteiger partial charge in [0.05, 0.1) is 11.8 Å². The van der Waals surface area contributed by atoms with E-state index in [4.69, 9.17) is 0 Å². The Hall–Kier alpha value is -0.480. The van der Waals surface area contributed by atoms with Crippen molar-refractivity contribution in [1.29, 1.82) is 0 Å². The molecular formula is C12H20N2OS. The van der Waals surface area contributed by atoms with Crippen molar-refractivity contribution in [2.75, 3.05) is 11.5 Å². The minimum Gasteiger partial charge on any atom is -0.388 e. The molecule has 1 aromatic rings. The van der Waals surface area contributed by atoms with E-state index in [1.165, 1.54) is 0 Å². The SMILES string of the molecule is Cn1cc(CC2(O)CSCCC2(C)C)cn1. The molecule has 4 heteroatoms. The van der Waals surface area contributed by atoms with Gasteiger partial charge < -0.3 is 5.11 Å². The van der Waals surface area contributed by atoms with Crippen molar-refractivity contribution in [3.8, 4) is 0 Å². The maximum Gasteiger partial charge on any atom is 0.0829 e. The second-order valence-electron chi connectivity index (χ2n) is 5.42. The molecule has 90 valence electrons. The molecule has 16 heavy (non-hydrogen) atoms. The van der Waals surface area contributed by atoms with Crippen LogP contribution in [0, 0.1) is 5.41 Å². The predicted molar refractivity (Wildman–Crippen MR) is 67.6 cm³/mol. The van der Waals surface area contributed by atoms with Gasteiger partial charge in [-0.3, -0.25) is 4.68 Å². The van der Waals surface area contributed by atoms with Gasteiger partial charge >= 0.3 is 0 Å². The fraction of sp³-hybridized carbons (Fsp3) is 0.750. The van der Waals surface area contributed by atoms with Crippen LogP contribution in [0.25, 0.3) is 0 Å². The van der Waals surface area contributed by atoms with Crippen LogP contribution in [0.2, 0.25) is 0 Å². The lowest BCUT2D eigenvalue weighted by molar-refractivity contribution is -0.0513. The molecule has 0 amide bonds. The number of thioether (sulfide) groups is 1. The third-order valence-electron chi connectivity index (χ3n) is 3.73. The first-order chi connectivity index (χ1) is 7.43. The molecule has 0 saturated carbocycles. The summed E-state index contributed by atoms with van der Waals surface area (Å²) < 4.78 is 1.79. The Bertz CT molecular complexity index is 375. The molecule has 0 bridgehead atoms. The molecular weight excluding hydrogens is 220 g/mol. The molecule has 3 nitrogen and oxygen atoms in total. The summed E-state index contributed by atoms with van der Waals surface area (Å²) in [4.78, 5) is 0. The van der Waals surface area contributed by atoms with Gasteiger partial charge in [0.2, 0.25) is 0 Å². The zero-order chi connectivity index (χ0) is 11.8. The van der Waals surface area contributed by atoms with Crippen LogP contribution in [-0.2, 0) is 13.5 Å². The minimum absolute atomic E-state index is 0.00586. The van der Waals surface area contributed by atoms with Gasteiger partial charge in [0.1, 0.15) is 0 Å². The molecule has 2 rings (SSSR count). The zero-order valence-corrected chi connectivity index (χ0v) is 11.0. The highest BCUT2D eigenvalue weighted by molar-refractivity contribution is 7.99. The van der Waals surface area contributed by atoms with Crippen molar-refractivity contribution < 1.29 is 5.11 Å². The van der Waals surface area contributed by atoms with Crippen LogP contribution in [0.5, 0.6) is 0 Å². The third-order valence-corrected chi connectivity index (χ3v) is 4.90. The molecule has 0 radical (unpaired) electrons. The number of hydrogen-bond donors (Lipinski definition) is 1. The monoisotopic (exact) mass is 240 g/mol. The van der Waals surface area contributed by atoms with E-state index in [0.717, 1.165) is 23.5 Å². The summed E-state index contributed by atoms with van der Waals surface area (Å²) in [5.74, 6) is 1.98. The van der Waals surface area contributed by atoms with Gasteiger partial charge in [-0.2, -0.15) is 16.9 Å². The van der Waals surface area contributed by atoms with E-state index in [0.29, 0.717) is 6.42 Å². The Morgan fingerprint density at radius 1 is 1.56 bits per heavy atom. The van der Waals surface area contributed by atoms with E-state index in [2.05, 4.69) is 18.9 Å². The number of hydrogen-bond acceptors (Lipinski definition) is 3. The molecule has 2 heterocycles. The quantitative estimate of drug-likeness (QED) is 0.857. The zero-order valence-electron chi connectivity index (χ0n) is 10.2. The Kier molecular flexibility index (Phi) is 3.05. The van der Waals surface area contributed by atoms with E-state index in [9.17, 15) is 5.11 Å². The number of aliphatic hydroxyl groups is 1. The molecule has 1 aliphatic heterocycles. The van der Waals surface area contributed by atoms with Crippen molar-refractivity contribution in [2.45, 2.75) is 32.3 Å². The Morgan fingerprint density at radius 3 is 2.88 bits per heavy atom. The van der Waals surface area contributed by atoms with E-state index < -0.39 is 5.60 Å². The van der Waals surface area contributed by atoms with Gasteiger partial charge in [0.15, 0.2) is 0 Å².